The number of para-hydroxylation sites is 1. The number of hydrogen-bond donors (Lipinski definition) is 0. The first kappa shape index (κ1) is 21.0. The van der Waals surface area contributed by atoms with Crippen LogP contribution >= 0.6 is 0 Å². The highest BCUT2D eigenvalue weighted by molar-refractivity contribution is 5.87. The van der Waals surface area contributed by atoms with Crippen molar-refractivity contribution in [1.82, 2.24) is 4.57 Å². The van der Waals surface area contributed by atoms with Crippen molar-refractivity contribution >= 4 is 16.7 Å². The number of ketones is 1. The van der Waals surface area contributed by atoms with Gasteiger partial charge in [0.2, 0.25) is 0 Å². The van der Waals surface area contributed by atoms with Crippen LogP contribution in [0, 0.1) is 0 Å². The van der Waals surface area contributed by atoms with Crippen LogP contribution in [0.5, 0.6) is 0 Å². The Balaban J connectivity index is 0.000000321. The third kappa shape index (κ3) is 6.09. The van der Waals surface area contributed by atoms with E-state index in [2.05, 4.69) is 80.1 Å². The standard InChI is InChI=1S/C19H21N.C6H12O/c1-3-4-8-15-9-7-11-16(13-15)19-14-17-10-5-6-12-18(17)20(19)2;1-3-4-5-6(2)7/h5-7,9-14H,3-4,8H2,1-2H3;3-5H2,1-2H3. The minimum atomic E-state index is 0.307. The van der Waals surface area contributed by atoms with Gasteiger partial charge in [-0.05, 0) is 55.5 Å². The zero-order valence-corrected chi connectivity index (χ0v) is 17.3. The molecule has 0 saturated heterocycles. The maximum atomic E-state index is 10.2. The largest absolute Gasteiger partial charge is 0.344 e. The Morgan fingerprint density at radius 3 is 2.30 bits per heavy atom. The summed E-state index contributed by atoms with van der Waals surface area (Å²) in [4.78, 5) is 10.2. The fourth-order valence-electron chi connectivity index (χ4n) is 3.26. The number of aryl methyl sites for hydroxylation is 2. The minimum absolute atomic E-state index is 0.307. The number of carbonyl (C=O) groups is 1. The highest BCUT2D eigenvalue weighted by Crippen LogP contribution is 2.27. The topological polar surface area (TPSA) is 22.0 Å². The molecule has 0 amide bonds. The van der Waals surface area contributed by atoms with Crippen LogP contribution in [0.15, 0.2) is 54.6 Å². The summed E-state index contributed by atoms with van der Waals surface area (Å²) in [7, 11) is 2.15. The molecule has 1 heterocycles. The summed E-state index contributed by atoms with van der Waals surface area (Å²) in [5, 5.41) is 1.31. The number of aromatic nitrogens is 1. The number of Topliss-reactive ketones (excluding diaryl/α,β-unsaturated/α-hetero) is 1. The van der Waals surface area contributed by atoms with E-state index >= 15 is 0 Å². The molecule has 0 atom stereocenters. The molecular weight excluding hydrogens is 330 g/mol. The molecule has 0 N–H and O–H groups in total. The smallest absolute Gasteiger partial charge is 0.129 e. The van der Waals surface area contributed by atoms with Crippen molar-refractivity contribution in [2.75, 3.05) is 0 Å². The van der Waals surface area contributed by atoms with Crippen molar-refractivity contribution < 1.29 is 4.79 Å². The molecule has 1 aromatic heterocycles. The molecular formula is C25H33NO. The third-order valence-electron chi connectivity index (χ3n) is 4.88. The maximum absolute atomic E-state index is 10.2. The highest BCUT2D eigenvalue weighted by atomic mass is 16.1. The van der Waals surface area contributed by atoms with E-state index in [0.717, 1.165) is 19.3 Å². The Labute approximate surface area is 164 Å². The predicted octanol–water partition coefficient (Wildman–Crippen LogP) is 6.95. The summed E-state index contributed by atoms with van der Waals surface area (Å²) >= 11 is 0. The van der Waals surface area contributed by atoms with Gasteiger partial charge in [0.1, 0.15) is 5.78 Å². The van der Waals surface area contributed by atoms with Gasteiger partial charge in [-0.15, -0.1) is 0 Å². The molecule has 0 radical (unpaired) electrons. The van der Waals surface area contributed by atoms with Crippen LogP contribution in [0.1, 0.15) is 58.4 Å². The lowest BCUT2D eigenvalue weighted by Crippen LogP contribution is -1.92. The molecule has 3 rings (SSSR count). The van der Waals surface area contributed by atoms with Crippen molar-refractivity contribution in [2.24, 2.45) is 7.05 Å². The molecule has 27 heavy (non-hydrogen) atoms. The SMILES string of the molecule is CCCCC(C)=O.CCCCc1cccc(-c2cc3ccccc3n2C)c1. The summed E-state index contributed by atoms with van der Waals surface area (Å²) in [5.74, 6) is 0.307. The zero-order chi connectivity index (χ0) is 19.6. The second kappa shape index (κ2) is 10.7. The van der Waals surface area contributed by atoms with E-state index in [0.29, 0.717) is 5.78 Å². The van der Waals surface area contributed by atoms with E-state index in [9.17, 15) is 4.79 Å². The van der Waals surface area contributed by atoms with Gasteiger partial charge in [-0.2, -0.15) is 0 Å². The number of unbranched alkanes of at least 4 members (excludes halogenated alkanes) is 2. The lowest BCUT2D eigenvalue weighted by atomic mass is 10.0. The van der Waals surface area contributed by atoms with E-state index in [4.69, 9.17) is 0 Å². The maximum Gasteiger partial charge on any atom is 0.129 e. The molecule has 0 aliphatic carbocycles. The van der Waals surface area contributed by atoms with Gasteiger partial charge < -0.3 is 9.36 Å². The third-order valence-corrected chi connectivity index (χ3v) is 4.88. The summed E-state index contributed by atoms with van der Waals surface area (Å²) in [6.07, 6.45) is 6.62. The Morgan fingerprint density at radius 1 is 0.926 bits per heavy atom. The van der Waals surface area contributed by atoms with Crippen LogP contribution in [0.25, 0.3) is 22.2 Å². The normalized spacial score (nSPS) is 10.5. The first-order chi connectivity index (χ1) is 13.1. The van der Waals surface area contributed by atoms with Gasteiger partial charge >= 0.3 is 0 Å². The number of nitrogens with zero attached hydrogens (tertiary/aromatic N) is 1. The molecule has 0 bridgehead atoms. The van der Waals surface area contributed by atoms with Crippen LogP contribution in [-0.2, 0) is 18.3 Å². The van der Waals surface area contributed by atoms with Gasteiger partial charge in [0.25, 0.3) is 0 Å². The Morgan fingerprint density at radius 2 is 1.67 bits per heavy atom. The lowest BCUT2D eigenvalue weighted by Gasteiger charge is -2.07. The molecule has 0 spiro atoms. The van der Waals surface area contributed by atoms with E-state index in [1.54, 1.807) is 6.92 Å². The molecule has 0 aliphatic rings. The lowest BCUT2D eigenvalue weighted by molar-refractivity contribution is -0.117. The summed E-state index contributed by atoms with van der Waals surface area (Å²) < 4.78 is 2.29. The van der Waals surface area contributed by atoms with E-state index in [1.807, 2.05) is 0 Å². The summed E-state index contributed by atoms with van der Waals surface area (Å²) in [5.41, 5.74) is 5.35. The highest BCUT2D eigenvalue weighted by Gasteiger charge is 2.07. The average molecular weight is 364 g/mol. The van der Waals surface area contributed by atoms with Crippen LogP contribution < -0.4 is 0 Å². The molecule has 2 nitrogen and oxygen atoms in total. The van der Waals surface area contributed by atoms with E-state index < -0.39 is 0 Å². The minimum Gasteiger partial charge on any atom is -0.344 e. The van der Waals surface area contributed by atoms with Gasteiger partial charge in [0.05, 0.1) is 0 Å². The summed E-state index contributed by atoms with van der Waals surface area (Å²) in [6, 6.07) is 19.8. The van der Waals surface area contributed by atoms with Crippen molar-refractivity contribution in [3.05, 3.63) is 60.2 Å². The Hall–Kier alpha value is -2.35. The Kier molecular flexibility index (Phi) is 8.32. The van der Waals surface area contributed by atoms with Gasteiger partial charge in [-0.25, -0.2) is 0 Å². The van der Waals surface area contributed by atoms with Crippen molar-refractivity contribution in [3.8, 4) is 11.3 Å². The molecule has 2 heteroatoms. The Bertz CT molecular complexity index is 860. The number of carbonyl (C=O) groups excluding carboxylic acids is 1. The first-order valence-electron chi connectivity index (χ1n) is 10.2. The van der Waals surface area contributed by atoms with Gasteiger partial charge in [-0.3, -0.25) is 0 Å². The fraction of sp³-hybridized carbons (Fsp3) is 0.400. The van der Waals surface area contributed by atoms with Gasteiger partial charge in [0.15, 0.2) is 0 Å². The monoisotopic (exact) mass is 363 g/mol. The molecule has 0 fully saturated rings. The number of hydrogen-bond acceptors (Lipinski definition) is 1. The second-order valence-corrected chi connectivity index (χ2v) is 7.26. The molecule has 2 aromatic carbocycles. The summed E-state index contributed by atoms with van der Waals surface area (Å²) in [6.45, 7) is 5.96. The van der Waals surface area contributed by atoms with Gasteiger partial charge in [0, 0.05) is 30.1 Å². The molecule has 0 unspecified atom stereocenters. The van der Waals surface area contributed by atoms with Crippen molar-refractivity contribution in [3.63, 3.8) is 0 Å². The first-order valence-corrected chi connectivity index (χ1v) is 10.2. The van der Waals surface area contributed by atoms with E-state index in [-0.39, 0.29) is 0 Å². The average Bonchev–Trinajstić information content (AvgIpc) is 3.02. The quantitative estimate of drug-likeness (QED) is 0.445. The van der Waals surface area contributed by atoms with Crippen LogP contribution in [0.3, 0.4) is 0 Å². The predicted molar refractivity (Wildman–Crippen MR) is 117 cm³/mol. The van der Waals surface area contributed by atoms with Crippen LogP contribution in [0.4, 0.5) is 0 Å². The van der Waals surface area contributed by atoms with Crippen molar-refractivity contribution in [1.29, 1.82) is 0 Å². The van der Waals surface area contributed by atoms with Crippen molar-refractivity contribution in [2.45, 2.75) is 59.3 Å². The fourth-order valence-corrected chi connectivity index (χ4v) is 3.26. The van der Waals surface area contributed by atoms with Crippen LogP contribution in [-0.4, -0.2) is 10.4 Å². The number of fused-ring (bicyclic) bond motifs is 1. The molecule has 0 saturated carbocycles. The number of benzene rings is 2. The second-order valence-electron chi connectivity index (χ2n) is 7.26. The van der Waals surface area contributed by atoms with E-state index in [1.165, 1.54) is 47.0 Å². The zero-order valence-electron chi connectivity index (χ0n) is 17.3. The number of rotatable bonds is 7. The molecule has 3 aromatic rings. The van der Waals surface area contributed by atoms with Gasteiger partial charge in [-0.1, -0.05) is 63.1 Å². The molecule has 0 aliphatic heterocycles. The molecule has 144 valence electrons. The van der Waals surface area contributed by atoms with Crippen LogP contribution in [0.2, 0.25) is 0 Å².